The standard InChI is InChI=1S/C14H13BrO/c15-13-8-6-12(7-9-13)14(16)10-11-4-2-1-3-5-11/h1-9,14,16H,10H2/t14-/m1/s1. The quantitative estimate of drug-likeness (QED) is 0.906. The summed E-state index contributed by atoms with van der Waals surface area (Å²) in [5, 5.41) is 10.0. The van der Waals surface area contributed by atoms with Gasteiger partial charge in [-0.15, -0.1) is 0 Å². The number of aliphatic hydroxyl groups excluding tert-OH is 1. The zero-order valence-corrected chi connectivity index (χ0v) is 10.4. The van der Waals surface area contributed by atoms with Gasteiger partial charge in [-0.1, -0.05) is 58.4 Å². The molecule has 1 atom stereocenters. The Hall–Kier alpha value is -1.12. The molecule has 0 fully saturated rings. The second-order valence-electron chi connectivity index (χ2n) is 3.76. The van der Waals surface area contributed by atoms with Gasteiger partial charge in [-0.3, -0.25) is 0 Å². The molecule has 2 aromatic carbocycles. The Bertz CT molecular complexity index is 436. The van der Waals surface area contributed by atoms with Gasteiger partial charge in [-0.25, -0.2) is 0 Å². The van der Waals surface area contributed by atoms with E-state index in [0.29, 0.717) is 6.42 Å². The van der Waals surface area contributed by atoms with Crippen LogP contribution in [0.15, 0.2) is 59.1 Å². The van der Waals surface area contributed by atoms with Gasteiger partial charge in [0.1, 0.15) is 0 Å². The van der Waals surface area contributed by atoms with Crippen LogP contribution < -0.4 is 0 Å². The first-order chi connectivity index (χ1) is 7.75. The summed E-state index contributed by atoms with van der Waals surface area (Å²) in [5.74, 6) is 0. The number of hydrogen-bond donors (Lipinski definition) is 1. The molecule has 0 bridgehead atoms. The second-order valence-corrected chi connectivity index (χ2v) is 4.67. The third kappa shape index (κ3) is 2.94. The first-order valence-corrected chi connectivity index (χ1v) is 6.02. The van der Waals surface area contributed by atoms with Crippen LogP contribution in [-0.4, -0.2) is 5.11 Å². The molecule has 0 saturated carbocycles. The SMILES string of the molecule is O[C@H](Cc1ccccc1)c1ccc(Br)cc1. The number of halogens is 1. The highest BCUT2D eigenvalue weighted by Gasteiger charge is 2.07. The predicted molar refractivity (Wildman–Crippen MR) is 69.2 cm³/mol. The molecular weight excluding hydrogens is 264 g/mol. The summed E-state index contributed by atoms with van der Waals surface area (Å²) in [6.07, 6.45) is 0.221. The summed E-state index contributed by atoms with van der Waals surface area (Å²) in [5.41, 5.74) is 2.10. The zero-order valence-electron chi connectivity index (χ0n) is 8.81. The predicted octanol–water partition coefficient (Wildman–Crippen LogP) is 3.73. The maximum absolute atomic E-state index is 10.0. The maximum atomic E-state index is 10.0. The molecule has 0 spiro atoms. The summed E-state index contributed by atoms with van der Waals surface area (Å²) in [7, 11) is 0. The number of aliphatic hydroxyl groups is 1. The molecule has 2 aromatic rings. The van der Waals surface area contributed by atoms with Crippen molar-refractivity contribution in [2.45, 2.75) is 12.5 Å². The van der Waals surface area contributed by atoms with E-state index in [4.69, 9.17) is 0 Å². The fourth-order valence-electron chi connectivity index (χ4n) is 1.64. The van der Waals surface area contributed by atoms with Crippen molar-refractivity contribution >= 4 is 15.9 Å². The zero-order chi connectivity index (χ0) is 11.4. The lowest BCUT2D eigenvalue weighted by molar-refractivity contribution is 0.178. The number of hydrogen-bond acceptors (Lipinski definition) is 1. The minimum atomic E-state index is -0.435. The molecule has 0 aliphatic heterocycles. The molecule has 1 nitrogen and oxygen atoms in total. The average molecular weight is 277 g/mol. The molecular formula is C14H13BrO. The lowest BCUT2D eigenvalue weighted by atomic mass is 10.0. The Labute approximate surface area is 104 Å². The normalized spacial score (nSPS) is 12.4. The van der Waals surface area contributed by atoms with E-state index in [9.17, 15) is 5.11 Å². The van der Waals surface area contributed by atoms with Gasteiger partial charge in [-0.05, 0) is 23.3 Å². The van der Waals surface area contributed by atoms with Gasteiger partial charge < -0.3 is 5.11 Å². The van der Waals surface area contributed by atoms with E-state index in [2.05, 4.69) is 15.9 Å². The molecule has 82 valence electrons. The second kappa shape index (κ2) is 5.28. The van der Waals surface area contributed by atoms with Crippen LogP contribution in [0.4, 0.5) is 0 Å². The lowest BCUT2D eigenvalue weighted by Crippen LogP contribution is -2.01. The molecule has 0 aliphatic carbocycles. The van der Waals surface area contributed by atoms with Crippen LogP contribution in [0.5, 0.6) is 0 Å². The van der Waals surface area contributed by atoms with Gasteiger partial charge in [0.05, 0.1) is 6.10 Å². The van der Waals surface area contributed by atoms with E-state index in [1.165, 1.54) is 0 Å². The van der Waals surface area contributed by atoms with Crippen molar-refractivity contribution in [2.24, 2.45) is 0 Å². The molecule has 0 unspecified atom stereocenters. The van der Waals surface area contributed by atoms with Crippen LogP contribution in [0.2, 0.25) is 0 Å². The third-order valence-electron chi connectivity index (χ3n) is 2.53. The smallest absolute Gasteiger partial charge is 0.0830 e. The molecule has 0 aromatic heterocycles. The molecule has 0 radical (unpaired) electrons. The van der Waals surface area contributed by atoms with E-state index in [1.54, 1.807) is 0 Å². The summed E-state index contributed by atoms with van der Waals surface area (Å²) in [6, 6.07) is 17.8. The lowest BCUT2D eigenvalue weighted by Gasteiger charge is -2.11. The van der Waals surface area contributed by atoms with Gasteiger partial charge in [0.2, 0.25) is 0 Å². The molecule has 0 aliphatic rings. The fraction of sp³-hybridized carbons (Fsp3) is 0.143. The van der Waals surface area contributed by atoms with Crippen LogP contribution in [0, 0.1) is 0 Å². The Kier molecular flexibility index (Phi) is 3.75. The van der Waals surface area contributed by atoms with Gasteiger partial charge in [0.15, 0.2) is 0 Å². The highest BCUT2D eigenvalue weighted by molar-refractivity contribution is 9.10. The van der Waals surface area contributed by atoms with Crippen LogP contribution >= 0.6 is 15.9 Å². The first kappa shape index (κ1) is 11.4. The van der Waals surface area contributed by atoms with Crippen molar-refractivity contribution in [3.05, 3.63) is 70.2 Å². The van der Waals surface area contributed by atoms with Crippen molar-refractivity contribution in [1.82, 2.24) is 0 Å². The van der Waals surface area contributed by atoms with Crippen molar-refractivity contribution in [2.75, 3.05) is 0 Å². The minimum Gasteiger partial charge on any atom is -0.388 e. The fourth-order valence-corrected chi connectivity index (χ4v) is 1.90. The van der Waals surface area contributed by atoms with Gasteiger partial charge >= 0.3 is 0 Å². The van der Waals surface area contributed by atoms with Gasteiger partial charge in [-0.2, -0.15) is 0 Å². The molecule has 2 heteroatoms. The molecule has 1 N–H and O–H groups in total. The Morgan fingerprint density at radius 2 is 1.56 bits per heavy atom. The van der Waals surface area contributed by atoms with E-state index in [1.807, 2.05) is 54.6 Å². The van der Waals surface area contributed by atoms with Crippen LogP contribution in [0.3, 0.4) is 0 Å². The van der Waals surface area contributed by atoms with Crippen LogP contribution in [-0.2, 0) is 6.42 Å². The average Bonchev–Trinajstić information content (AvgIpc) is 2.31. The van der Waals surface area contributed by atoms with Crippen LogP contribution in [0.1, 0.15) is 17.2 Å². The minimum absolute atomic E-state index is 0.435. The largest absolute Gasteiger partial charge is 0.388 e. The first-order valence-electron chi connectivity index (χ1n) is 5.23. The Morgan fingerprint density at radius 3 is 2.19 bits per heavy atom. The van der Waals surface area contributed by atoms with E-state index < -0.39 is 6.10 Å². The molecule has 2 rings (SSSR count). The highest BCUT2D eigenvalue weighted by Crippen LogP contribution is 2.20. The van der Waals surface area contributed by atoms with E-state index >= 15 is 0 Å². The topological polar surface area (TPSA) is 20.2 Å². The third-order valence-corrected chi connectivity index (χ3v) is 3.06. The highest BCUT2D eigenvalue weighted by atomic mass is 79.9. The summed E-state index contributed by atoms with van der Waals surface area (Å²) in [4.78, 5) is 0. The van der Waals surface area contributed by atoms with Gasteiger partial charge in [0.25, 0.3) is 0 Å². The maximum Gasteiger partial charge on any atom is 0.0830 e. The van der Waals surface area contributed by atoms with E-state index in [-0.39, 0.29) is 0 Å². The van der Waals surface area contributed by atoms with Crippen molar-refractivity contribution in [1.29, 1.82) is 0 Å². The molecule has 0 heterocycles. The molecule has 0 amide bonds. The van der Waals surface area contributed by atoms with E-state index in [0.717, 1.165) is 15.6 Å². The monoisotopic (exact) mass is 276 g/mol. The number of rotatable bonds is 3. The Balaban J connectivity index is 2.09. The summed E-state index contributed by atoms with van der Waals surface area (Å²) >= 11 is 3.38. The van der Waals surface area contributed by atoms with Crippen molar-refractivity contribution in [3.63, 3.8) is 0 Å². The summed E-state index contributed by atoms with van der Waals surface area (Å²) < 4.78 is 1.03. The summed E-state index contributed by atoms with van der Waals surface area (Å²) in [6.45, 7) is 0. The molecule has 16 heavy (non-hydrogen) atoms. The Morgan fingerprint density at radius 1 is 0.938 bits per heavy atom. The van der Waals surface area contributed by atoms with Crippen molar-refractivity contribution in [3.8, 4) is 0 Å². The molecule has 0 saturated heterocycles. The van der Waals surface area contributed by atoms with Crippen LogP contribution in [0.25, 0.3) is 0 Å². The van der Waals surface area contributed by atoms with Gasteiger partial charge in [0, 0.05) is 10.9 Å². The van der Waals surface area contributed by atoms with Crippen molar-refractivity contribution < 1.29 is 5.11 Å². The number of benzene rings is 2.